The van der Waals surface area contributed by atoms with E-state index in [1.165, 1.54) is 0 Å². The van der Waals surface area contributed by atoms with Crippen LogP contribution >= 0.6 is 0 Å². The van der Waals surface area contributed by atoms with Gasteiger partial charge in [-0.25, -0.2) is 10.4 Å². The second-order valence-corrected chi connectivity index (χ2v) is 11.4. The summed E-state index contributed by atoms with van der Waals surface area (Å²) in [6, 6.07) is 29.9. The first-order valence-corrected chi connectivity index (χ1v) is 16.0. The normalized spacial score (nSPS) is 16.6. The fourth-order valence-corrected chi connectivity index (χ4v) is 5.62. The van der Waals surface area contributed by atoms with Crippen molar-refractivity contribution in [3.8, 4) is 17.2 Å². The number of hydrogen-bond acceptors (Lipinski definition) is 9. The van der Waals surface area contributed by atoms with Crippen molar-refractivity contribution in [3.63, 3.8) is 0 Å². The van der Waals surface area contributed by atoms with Gasteiger partial charge in [0.2, 0.25) is 5.90 Å². The van der Waals surface area contributed by atoms with E-state index in [1.807, 2.05) is 84.9 Å². The Morgan fingerprint density at radius 1 is 0.959 bits per heavy atom. The second-order valence-electron chi connectivity index (χ2n) is 11.4. The summed E-state index contributed by atoms with van der Waals surface area (Å²) in [6.45, 7) is 1.00. The molecule has 49 heavy (non-hydrogen) atoms. The number of azide groups is 1. The summed E-state index contributed by atoms with van der Waals surface area (Å²) in [7, 11) is 3.21. The molecule has 12 nitrogen and oxygen atoms in total. The highest BCUT2D eigenvalue weighted by molar-refractivity contribution is 6.01. The molecular weight excluding hydrogens is 624 g/mol. The summed E-state index contributed by atoms with van der Waals surface area (Å²) in [5.41, 5.74) is 17.6. The van der Waals surface area contributed by atoms with E-state index in [2.05, 4.69) is 20.9 Å². The molecule has 1 aliphatic rings. The maximum absolute atomic E-state index is 14.6. The average Bonchev–Trinajstić information content (AvgIpc) is 3.54. The van der Waals surface area contributed by atoms with Crippen molar-refractivity contribution < 1.29 is 28.8 Å². The Morgan fingerprint density at radius 2 is 1.69 bits per heavy atom. The number of nitrogens with one attached hydrogen (secondary N) is 2. The highest BCUT2D eigenvalue weighted by Gasteiger charge is 2.53. The predicted octanol–water partition coefficient (Wildman–Crippen LogP) is 5.64. The minimum absolute atomic E-state index is 0.0425. The number of amides is 1. The number of carbonyl (C=O) groups is 1. The third-order valence-electron chi connectivity index (χ3n) is 8.21. The van der Waals surface area contributed by atoms with E-state index in [4.69, 9.17) is 34.6 Å². The number of ether oxygens (including phenoxy) is 4. The molecule has 4 aromatic carbocycles. The van der Waals surface area contributed by atoms with Crippen molar-refractivity contribution in [1.82, 2.24) is 10.9 Å². The summed E-state index contributed by atoms with van der Waals surface area (Å²) in [4.78, 5) is 22.6. The van der Waals surface area contributed by atoms with E-state index in [0.717, 1.165) is 22.4 Å². The van der Waals surface area contributed by atoms with Gasteiger partial charge in [0.25, 0.3) is 5.91 Å². The fraction of sp³-hybridized carbons (Fsp3) is 0.297. The number of aliphatic hydroxyl groups is 1. The minimum Gasteiger partial charge on any atom is -0.497 e. The van der Waals surface area contributed by atoms with Gasteiger partial charge < -0.3 is 24.1 Å². The van der Waals surface area contributed by atoms with Crippen molar-refractivity contribution in [3.05, 3.63) is 135 Å². The molecule has 0 aromatic heterocycles. The quantitative estimate of drug-likeness (QED) is 0.0433. The van der Waals surface area contributed by atoms with Gasteiger partial charge in [-0.2, -0.15) is 0 Å². The number of methoxy groups -OCH3 is 2. The summed E-state index contributed by atoms with van der Waals surface area (Å²) in [5, 5.41) is 12.9. The van der Waals surface area contributed by atoms with Crippen molar-refractivity contribution in [2.75, 3.05) is 34.0 Å². The molecule has 0 fully saturated rings. The SMILES string of the molecule is COc1ccc(CCNNC(=O)[C@@]2(Cc3ccccc3CN=[N+]=[N-])N=C(c3ccc(OCCCO)cc3)O[C@H]2c2cccc(OC)c2)cc1. The first-order valence-electron chi connectivity index (χ1n) is 16.0. The lowest BCUT2D eigenvalue weighted by Crippen LogP contribution is -2.54. The largest absolute Gasteiger partial charge is 0.497 e. The van der Waals surface area contributed by atoms with E-state index in [-0.39, 0.29) is 25.5 Å². The molecular formula is C37H40N6O6. The van der Waals surface area contributed by atoms with Crippen LogP contribution in [0, 0.1) is 0 Å². The Bertz CT molecular complexity index is 1780. The topological polar surface area (TPSA) is 159 Å². The smallest absolute Gasteiger partial charge is 0.266 e. The lowest BCUT2D eigenvalue weighted by Gasteiger charge is -2.31. The Kier molecular flexibility index (Phi) is 12.1. The molecule has 0 bridgehead atoms. The molecule has 1 aliphatic heterocycles. The van der Waals surface area contributed by atoms with Gasteiger partial charge in [-0.15, -0.1) is 0 Å². The number of hydrazine groups is 1. The number of carbonyl (C=O) groups excluding carboxylic acids is 1. The summed E-state index contributed by atoms with van der Waals surface area (Å²) in [6.07, 6.45) is 0.467. The van der Waals surface area contributed by atoms with Crippen molar-refractivity contribution >= 4 is 11.8 Å². The van der Waals surface area contributed by atoms with E-state index in [1.54, 1.807) is 26.4 Å². The Balaban J connectivity index is 1.52. The van der Waals surface area contributed by atoms with Gasteiger partial charge in [-0.05, 0) is 82.7 Å². The van der Waals surface area contributed by atoms with E-state index >= 15 is 0 Å². The highest BCUT2D eigenvalue weighted by atomic mass is 16.5. The fourth-order valence-electron chi connectivity index (χ4n) is 5.62. The van der Waals surface area contributed by atoms with Gasteiger partial charge in [0.15, 0.2) is 11.6 Å². The highest BCUT2D eigenvalue weighted by Crippen LogP contribution is 2.43. The van der Waals surface area contributed by atoms with Crippen LogP contribution < -0.4 is 25.1 Å². The number of aliphatic imine (C=N–C) groups is 1. The standard InChI is InChI=1S/C37H40N6O6/c1-46-31-15-11-26(12-16-31)19-20-39-42-36(45)37(24-29-7-3-4-8-30(29)25-40-43-38)34(28-9-5-10-33(23-28)47-2)49-35(41-37)27-13-17-32(18-14-27)48-22-6-21-44/h3-5,7-18,23,34,39,44H,6,19-22,24-25H2,1-2H3,(H,42,45)/t34-,37-/m0/s1. The average molecular weight is 665 g/mol. The van der Waals surface area contributed by atoms with Crippen LogP contribution in [-0.2, 0) is 28.9 Å². The molecule has 5 rings (SSSR count). The lowest BCUT2D eigenvalue weighted by molar-refractivity contribution is -0.130. The van der Waals surface area contributed by atoms with Crippen molar-refractivity contribution in [1.29, 1.82) is 0 Å². The molecule has 0 saturated heterocycles. The van der Waals surface area contributed by atoms with E-state index in [9.17, 15) is 4.79 Å². The van der Waals surface area contributed by atoms with Crippen LogP contribution in [0.25, 0.3) is 10.4 Å². The Labute approximate surface area is 285 Å². The molecule has 1 heterocycles. The number of benzene rings is 4. The van der Waals surface area contributed by atoms with E-state index in [0.29, 0.717) is 48.6 Å². The van der Waals surface area contributed by atoms with Gasteiger partial charge in [-0.1, -0.05) is 53.6 Å². The lowest BCUT2D eigenvalue weighted by atomic mass is 9.81. The third kappa shape index (κ3) is 8.68. The maximum atomic E-state index is 14.6. The van der Waals surface area contributed by atoms with Gasteiger partial charge in [0.05, 0.1) is 27.4 Å². The first kappa shape index (κ1) is 34.8. The van der Waals surface area contributed by atoms with Gasteiger partial charge in [0.1, 0.15) is 17.2 Å². The molecule has 3 N–H and O–H groups in total. The molecule has 4 aromatic rings. The van der Waals surface area contributed by atoms with Crippen LogP contribution in [0.3, 0.4) is 0 Å². The number of hydrogen-bond donors (Lipinski definition) is 3. The van der Waals surface area contributed by atoms with Gasteiger partial charge in [0, 0.05) is 36.5 Å². The Morgan fingerprint density at radius 3 is 2.41 bits per heavy atom. The molecule has 0 aliphatic carbocycles. The maximum Gasteiger partial charge on any atom is 0.266 e. The minimum atomic E-state index is -1.49. The molecule has 254 valence electrons. The van der Waals surface area contributed by atoms with Crippen LogP contribution in [-0.4, -0.2) is 56.4 Å². The number of nitrogens with zero attached hydrogens (tertiary/aromatic N) is 4. The summed E-state index contributed by atoms with van der Waals surface area (Å²) >= 11 is 0. The van der Waals surface area contributed by atoms with Crippen LogP contribution in [0.5, 0.6) is 17.2 Å². The summed E-state index contributed by atoms with van der Waals surface area (Å²) in [5.74, 6) is 1.91. The zero-order valence-corrected chi connectivity index (χ0v) is 27.5. The first-order chi connectivity index (χ1) is 24.0. The molecule has 0 saturated carbocycles. The Hall–Kier alpha value is -5.55. The number of rotatable bonds is 17. The van der Waals surface area contributed by atoms with Crippen LogP contribution in [0.1, 0.15) is 40.3 Å². The van der Waals surface area contributed by atoms with Gasteiger partial charge >= 0.3 is 0 Å². The monoisotopic (exact) mass is 664 g/mol. The molecule has 1 amide bonds. The summed E-state index contributed by atoms with van der Waals surface area (Å²) < 4.78 is 23.1. The zero-order chi connectivity index (χ0) is 34.5. The molecule has 0 radical (unpaired) electrons. The second kappa shape index (κ2) is 17.0. The van der Waals surface area contributed by atoms with Crippen LogP contribution in [0.15, 0.2) is 107 Å². The van der Waals surface area contributed by atoms with Crippen molar-refractivity contribution in [2.24, 2.45) is 10.1 Å². The van der Waals surface area contributed by atoms with Crippen LogP contribution in [0.4, 0.5) is 0 Å². The zero-order valence-electron chi connectivity index (χ0n) is 27.5. The van der Waals surface area contributed by atoms with Crippen LogP contribution in [0.2, 0.25) is 0 Å². The predicted molar refractivity (Wildman–Crippen MR) is 186 cm³/mol. The van der Waals surface area contributed by atoms with Crippen molar-refractivity contribution in [2.45, 2.75) is 37.5 Å². The molecule has 2 atom stereocenters. The van der Waals surface area contributed by atoms with Gasteiger partial charge in [-0.3, -0.25) is 10.2 Å². The number of aliphatic hydroxyl groups excluding tert-OH is 1. The molecule has 0 spiro atoms. The molecule has 12 heteroatoms. The van der Waals surface area contributed by atoms with E-state index < -0.39 is 17.6 Å². The molecule has 0 unspecified atom stereocenters. The third-order valence-corrected chi connectivity index (χ3v) is 8.21.